The second-order valence-electron chi connectivity index (χ2n) is 4.56. The van der Waals surface area contributed by atoms with Crippen molar-refractivity contribution in [3.05, 3.63) is 52.3 Å². The molecule has 112 valence electrons. The number of nitrogens with one attached hydrogen (secondary N) is 1. The summed E-state index contributed by atoms with van der Waals surface area (Å²) in [4.78, 5) is 21.9. The van der Waals surface area contributed by atoms with E-state index in [1.165, 1.54) is 18.5 Å². The lowest BCUT2D eigenvalue weighted by Crippen LogP contribution is -2.03. The zero-order chi connectivity index (χ0) is 15.7. The molecule has 0 fully saturated rings. The van der Waals surface area contributed by atoms with Gasteiger partial charge in [-0.15, -0.1) is 0 Å². The Balaban J connectivity index is 2.03. The van der Waals surface area contributed by atoms with Crippen molar-refractivity contribution >= 4 is 22.7 Å². The number of nitro groups is 1. The number of nitro benzene ring substituents is 1. The number of benzene rings is 1. The fourth-order valence-corrected chi connectivity index (χ4v) is 2.17. The average Bonchev–Trinajstić information content (AvgIpc) is 2.89. The molecule has 0 aliphatic rings. The van der Waals surface area contributed by atoms with Gasteiger partial charge in [0.15, 0.2) is 17.0 Å². The van der Waals surface area contributed by atoms with E-state index < -0.39 is 11.0 Å². The lowest BCUT2D eigenvalue weighted by molar-refractivity contribution is -0.384. The van der Waals surface area contributed by atoms with Gasteiger partial charge in [0.05, 0.1) is 17.8 Å². The maximum absolute atomic E-state index is 13.5. The highest BCUT2D eigenvalue weighted by Crippen LogP contribution is 2.20. The monoisotopic (exact) mass is 302 g/mol. The van der Waals surface area contributed by atoms with Gasteiger partial charge in [-0.3, -0.25) is 10.1 Å². The van der Waals surface area contributed by atoms with Crippen molar-refractivity contribution in [3.63, 3.8) is 0 Å². The zero-order valence-electron chi connectivity index (χ0n) is 11.5. The largest absolute Gasteiger partial charge is 0.371 e. The van der Waals surface area contributed by atoms with Gasteiger partial charge in [-0.25, -0.2) is 4.98 Å². The van der Waals surface area contributed by atoms with Gasteiger partial charge in [-0.2, -0.15) is 14.4 Å². The Hall–Kier alpha value is -3.10. The van der Waals surface area contributed by atoms with Crippen molar-refractivity contribution in [1.29, 1.82) is 0 Å². The Morgan fingerprint density at radius 2 is 2.23 bits per heavy atom. The van der Waals surface area contributed by atoms with E-state index in [9.17, 15) is 14.5 Å². The minimum Gasteiger partial charge on any atom is -0.371 e. The molecular formula is C13H11FN6O2. The Bertz CT molecular complexity index is 863. The van der Waals surface area contributed by atoms with Crippen LogP contribution in [0, 0.1) is 16.2 Å². The summed E-state index contributed by atoms with van der Waals surface area (Å²) in [5.74, 6) is 0.292. The lowest BCUT2D eigenvalue weighted by atomic mass is 10.2. The van der Waals surface area contributed by atoms with Gasteiger partial charge in [0.1, 0.15) is 0 Å². The summed E-state index contributed by atoms with van der Waals surface area (Å²) in [5, 5.41) is 13.6. The zero-order valence-corrected chi connectivity index (χ0v) is 11.5. The minimum atomic E-state index is -0.863. The summed E-state index contributed by atoms with van der Waals surface area (Å²) in [5.41, 5.74) is 1.45. The highest BCUT2D eigenvalue weighted by molar-refractivity contribution is 5.82. The van der Waals surface area contributed by atoms with E-state index in [4.69, 9.17) is 0 Å². The number of hydrogen-bond acceptors (Lipinski definition) is 6. The van der Waals surface area contributed by atoms with Crippen LogP contribution in [-0.4, -0.2) is 31.5 Å². The molecule has 9 heteroatoms. The Morgan fingerprint density at radius 3 is 2.95 bits per heavy atom. The van der Waals surface area contributed by atoms with E-state index in [0.717, 1.165) is 0 Å². The van der Waals surface area contributed by atoms with Gasteiger partial charge in [-0.05, 0) is 5.56 Å². The summed E-state index contributed by atoms with van der Waals surface area (Å²) in [6.45, 7) is 0.289. The van der Waals surface area contributed by atoms with E-state index in [1.54, 1.807) is 23.7 Å². The standard InChI is InChI=1S/C13H11FN6O2/c1-15-11-10-12(18-13(14)17-11)19(7-16-10)6-8-3-2-4-9(5-8)20(21)22/h2-5,7H,6H2,1H3,(H,15,17,18). The summed E-state index contributed by atoms with van der Waals surface area (Å²) in [6, 6.07) is 6.22. The summed E-state index contributed by atoms with van der Waals surface area (Å²) in [6.07, 6.45) is 0.635. The molecule has 0 saturated heterocycles. The SMILES string of the molecule is CNc1nc(F)nc2c1ncn2Cc1cccc([N+](=O)[O-])c1. The molecule has 0 spiro atoms. The molecular weight excluding hydrogens is 291 g/mol. The average molecular weight is 302 g/mol. The number of hydrogen-bond donors (Lipinski definition) is 1. The Labute approximate surface area is 123 Å². The van der Waals surface area contributed by atoms with Crippen LogP contribution in [0.4, 0.5) is 15.9 Å². The second-order valence-corrected chi connectivity index (χ2v) is 4.56. The van der Waals surface area contributed by atoms with Gasteiger partial charge >= 0.3 is 6.08 Å². The molecule has 0 radical (unpaired) electrons. The van der Waals surface area contributed by atoms with Gasteiger partial charge in [0.25, 0.3) is 5.69 Å². The number of aromatic nitrogens is 4. The Kier molecular flexibility index (Phi) is 3.37. The van der Waals surface area contributed by atoms with Crippen molar-refractivity contribution in [2.75, 3.05) is 12.4 Å². The normalized spacial score (nSPS) is 10.8. The second kappa shape index (κ2) is 5.35. The van der Waals surface area contributed by atoms with Crippen LogP contribution in [0.1, 0.15) is 5.56 Å². The van der Waals surface area contributed by atoms with Crippen LogP contribution in [-0.2, 0) is 6.54 Å². The van der Waals surface area contributed by atoms with Crippen LogP contribution in [0.5, 0.6) is 0 Å². The number of imidazole rings is 1. The van der Waals surface area contributed by atoms with Crippen molar-refractivity contribution in [2.45, 2.75) is 6.54 Å². The van der Waals surface area contributed by atoms with Crippen LogP contribution in [0.15, 0.2) is 30.6 Å². The molecule has 0 atom stereocenters. The molecule has 3 rings (SSSR count). The Morgan fingerprint density at radius 1 is 1.41 bits per heavy atom. The summed E-state index contributed by atoms with van der Waals surface area (Å²) in [7, 11) is 1.61. The van der Waals surface area contributed by atoms with Gasteiger partial charge in [0, 0.05) is 19.2 Å². The van der Waals surface area contributed by atoms with Crippen LogP contribution in [0.3, 0.4) is 0 Å². The molecule has 2 aromatic heterocycles. The fourth-order valence-electron chi connectivity index (χ4n) is 2.17. The minimum absolute atomic E-state index is 0.00126. The smallest absolute Gasteiger partial charge is 0.312 e. The molecule has 1 N–H and O–H groups in total. The summed E-state index contributed by atoms with van der Waals surface area (Å²) < 4.78 is 15.1. The quantitative estimate of drug-likeness (QED) is 0.449. The molecule has 2 heterocycles. The van der Waals surface area contributed by atoms with Crippen LogP contribution in [0.2, 0.25) is 0 Å². The number of nitrogens with zero attached hydrogens (tertiary/aromatic N) is 5. The van der Waals surface area contributed by atoms with Gasteiger partial charge in [0.2, 0.25) is 0 Å². The van der Waals surface area contributed by atoms with Crippen LogP contribution in [0.25, 0.3) is 11.2 Å². The molecule has 22 heavy (non-hydrogen) atoms. The first kappa shape index (κ1) is 13.9. The lowest BCUT2D eigenvalue weighted by Gasteiger charge is -2.05. The fraction of sp³-hybridized carbons (Fsp3) is 0.154. The maximum Gasteiger partial charge on any atom is 0.312 e. The maximum atomic E-state index is 13.5. The highest BCUT2D eigenvalue weighted by Gasteiger charge is 2.13. The van der Waals surface area contributed by atoms with Crippen molar-refractivity contribution in [1.82, 2.24) is 19.5 Å². The summed E-state index contributed by atoms with van der Waals surface area (Å²) >= 11 is 0. The molecule has 0 bridgehead atoms. The van der Waals surface area contributed by atoms with Gasteiger partial charge in [-0.1, -0.05) is 12.1 Å². The van der Waals surface area contributed by atoms with E-state index >= 15 is 0 Å². The van der Waals surface area contributed by atoms with E-state index in [-0.39, 0.29) is 12.2 Å². The third-order valence-electron chi connectivity index (χ3n) is 3.15. The number of rotatable bonds is 4. The van der Waals surface area contributed by atoms with E-state index in [2.05, 4.69) is 20.3 Å². The predicted octanol–water partition coefficient (Wildman–Crippen LogP) is 1.96. The third kappa shape index (κ3) is 2.43. The number of halogens is 1. The molecule has 1 aromatic carbocycles. The number of non-ortho nitro benzene ring substituents is 1. The van der Waals surface area contributed by atoms with E-state index in [1.807, 2.05) is 0 Å². The van der Waals surface area contributed by atoms with Crippen LogP contribution < -0.4 is 5.32 Å². The van der Waals surface area contributed by atoms with Crippen LogP contribution >= 0.6 is 0 Å². The molecule has 0 aliphatic heterocycles. The van der Waals surface area contributed by atoms with Crippen molar-refractivity contribution in [2.24, 2.45) is 0 Å². The predicted molar refractivity (Wildman–Crippen MR) is 77.0 cm³/mol. The third-order valence-corrected chi connectivity index (χ3v) is 3.15. The molecule has 8 nitrogen and oxygen atoms in total. The van der Waals surface area contributed by atoms with Crippen molar-refractivity contribution in [3.8, 4) is 0 Å². The van der Waals surface area contributed by atoms with Gasteiger partial charge < -0.3 is 9.88 Å². The molecule has 0 amide bonds. The molecule has 0 saturated carbocycles. The number of fused-ring (bicyclic) bond motifs is 1. The first-order valence-electron chi connectivity index (χ1n) is 6.38. The van der Waals surface area contributed by atoms with Crippen molar-refractivity contribution < 1.29 is 9.31 Å². The highest BCUT2D eigenvalue weighted by atomic mass is 19.1. The molecule has 0 aliphatic carbocycles. The van der Waals surface area contributed by atoms with E-state index in [0.29, 0.717) is 22.5 Å². The number of anilines is 1. The first-order chi connectivity index (χ1) is 10.6. The molecule has 3 aromatic rings. The molecule has 0 unspecified atom stereocenters. The first-order valence-corrected chi connectivity index (χ1v) is 6.38. The topological polar surface area (TPSA) is 98.8 Å².